The summed E-state index contributed by atoms with van der Waals surface area (Å²) in [6.07, 6.45) is -11.2. The highest BCUT2D eigenvalue weighted by atomic mass is 127. The van der Waals surface area contributed by atoms with Crippen molar-refractivity contribution in [2.24, 2.45) is 0 Å². The minimum absolute atomic E-state index is 0.174. The zero-order chi connectivity index (χ0) is 14.2. The third-order valence-corrected chi connectivity index (χ3v) is 3.30. The maximum absolute atomic E-state index is 12.9. The van der Waals surface area contributed by atoms with Crippen LogP contribution in [0, 0.1) is 3.57 Å². The molecular weight excluding hydrogens is 377 g/mol. The van der Waals surface area contributed by atoms with E-state index in [9.17, 15) is 26.3 Å². The fraction of sp³-hybridized carbons (Fsp3) is 0.400. The lowest BCUT2D eigenvalue weighted by Crippen LogP contribution is -2.55. The van der Waals surface area contributed by atoms with E-state index < -0.39 is 23.5 Å². The van der Waals surface area contributed by atoms with Gasteiger partial charge in [0.05, 0.1) is 0 Å². The molecular formula is C10H7F6IO. The van der Waals surface area contributed by atoms with Gasteiger partial charge >= 0.3 is 12.4 Å². The van der Waals surface area contributed by atoms with E-state index in [4.69, 9.17) is 0 Å². The van der Waals surface area contributed by atoms with E-state index in [-0.39, 0.29) is 3.57 Å². The summed E-state index contributed by atoms with van der Waals surface area (Å²) in [6.45, 7) is 0. The van der Waals surface area contributed by atoms with Gasteiger partial charge in [-0.25, -0.2) is 0 Å². The number of benzene rings is 1. The molecule has 0 heterocycles. The highest BCUT2D eigenvalue weighted by Crippen LogP contribution is 2.53. The van der Waals surface area contributed by atoms with E-state index in [2.05, 4.69) is 4.74 Å². The van der Waals surface area contributed by atoms with Crippen LogP contribution >= 0.6 is 22.6 Å². The Balaban J connectivity index is 3.63. The fourth-order valence-corrected chi connectivity index (χ4v) is 2.32. The number of rotatable bonds is 2. The molecule has 0 bridgehead atoms. The normalized spacial score (nSPS) is 13.8. The van der Waals surface area contributed by atoms with E-state index in [0.717, 1.165) is 18.2 Å². The molecule has 0 saturated carbocycles. The molecule has 1 aromatic carbocycles. The number of halogens is 7. The molecule has 0 aliphatic carbocycles. The number of hydrogen-bond donors (Lipinski definition) is 0. The average Bonchev–Trinajstić information content (AvgIpc) is 2.18. The Hall–Kier alpha value is -0.510. The largest absolute Gasteiger partial charge is 0.430 e. The van der Waals surface area contributed by atoms with Crippen molar-refractivity contribution >= 4 is 22.6 Å². The smallest absolute Gasteiger partial charge is 0.357 e. The summed E-state index contributed by atoms with van der Waals surface area (Å²) in [7, 11) is 0.393. The molecule has 0 radical (unpaired) electrons. The topological polar surface area (TPSA) is 9.23 Å². The maximum atomic E-state index is 12.9. The molecule has 0 atom stereocenters. The maximum Gasteiger partial charge on any atom is 0.430 e. The summed E-state index contributed by atoms with van der Waals surface area (Å²) < 4.78 is 81.0. The van der Waals surface area contributed by atoms with Gasteiger partial charge in [0, 0.05) is 16.2 Å². The van der Waals surface area contributed by atoms with Crippen molar-refractivity contribution in [2.45, 2.75) is 18.0 Å². The van der Waals surface area contributed by atoms with Crippen molar-refractivity contribution in [1.82, 2.24) is 0 Å². The Morgan fingerprint density at radius 3 is 1.72 bits per heavy atom. The predicted molar refractivity (Wildman–Crippen MR) is 60.0 cm³/mol. The molecule has 0 saturated heterocycles. The van der Waals surface area contributed by atoms with Crippen molar-refractivity contribution in [3.8, 4) is 0 Å². The number of alkyl halides is 6. The van der Waals surface area contributed by atoms with Crippen LogP contribution in [0.4, 0.5) is 26.3 Å². The summed E-state index contributed by atoms with van der Waals surface area (Å²) in [4.78, 5) is 0. The first kappa shape index (κ1) is 15.5. The Morgan fingerprint density at radius 2 is 1.39 bits per heavy atom. The monoisotopic (exact) mass is 384 g/mol. The van der Waals surface area contributed by atoms with Gasteiger partial charge in [0.15, 0.2) is 0 Å². The molecule has 0 aliphatic heterocycles. The lowest BCUT2D eigenvalue weighted by Gasteiger charge is -2.36. The van der Waals surface area contributed by atoms with Crippen LogP contribution < -0.4 is 0 Å². The zero-order valence-corrected chi connectivity index (χ0v) is 11.0. The van der Waals surface area contributed by atoms with Crippen molar-refractivity contribution in [3.63, 3.8) is 0 Å². The molecule has 18 heavy (non-hydrogen) atoms. The molecule has 1 nitrogen and oxygen atoms in total. The minimum Gasteiger partial charge on any atom is -0.357 e. The minimum atomic E-state index is -5.61. The molecule has 0 aliphatic rings. The van der Waals surface area contributed by atoms with Crippen molar-refractivity contribution in [3.05, 3.63) is 33.4 Å². The predicted octanol–water partition coefficient (Wildman–Crippen LogP) is 4.26. The van der Waals surface area contributed by atoms with Crippen LogP contribution in [0.3, 0.4) is 0 Å². The summed E-state index contributed by atoms with van der Waals surface area (Å²) >= 11 is 1.41. The average molecular weight is 384 g/mol. The van der Waals surface area contributed by atoms with Gasteiger partial charge in [0.25, 0.3) is 5.60 Å². The number of methoxy groups -OCH3 is 1. The van der Waals surface area contributed by atoms with E-state index in [1.807, 2.05) is 0 Å². The van der Waals surface area contributed by atoms with Crippen LogP contribution in [0.2, 0.25) is 0 Å². The summed E-state index contributed by atoms with van der Waals surface area (Å²) in [5, 5.41) is 0. The van der Waals surface area contributed by atoms with Crippen LogP contribution in [0.25, 0.3) is 0 Å². The van der Waals surface area contributed by atoms with Crippen LogP contribution in [0.5, 0.6) is 0 Å². The zero-order valence-electron chi connectivity index (χ0n) is 8.86. The fourth-order valence-electron chi connectivity index (χ4n) is 1.55. The van der Waals surface area contributed by atoms with Gasteiger partial charge in [0.1, 0.15) is 0 Å². The quantitative estimate of drug-likeness (QED) is 0.547. The molecule has 8 heteroatoms. The second kappa shape index (κ2) is 4.87. The van der Waals surface area contributed by atoms with Crippen molar-refractivity contribution in [2.75, 3.05) is 7.11 Å². The van der Waals surface area contributed by atoms with Gasteiger partial charge in [-0.15, -0.1) is 0 Å². The molecule has 0 N–H and O–H groups in total. The number of hydrogen-bond acceptors (Lipinski definition) is 1. The van der Waals surface area contributed by atoms with Crippen LogP contribution in [0.1, 0.15) is 5.56 Å². The third kappa shape index (κ3) is 2.31. The standard InChI is InChI=1S/C10H7F6IO/c1-18-8(9(11,12)13,10(14,15)16)6-4-2-3-5-7(6)17/h2-5H,1H3. The van der Waals surface area contributed by atoms with Crippen molar-refractivity contribution < 1.29 is 31.1 Å². The van der Waals surface area contributed by atoms with E-state index in [1.165, 1.54) is 28.7 Å². The van der Waals surface area contributed by atoms with Gasteiger partial charge in [-0.1, -0.05) is 18.2 Å². The molecule has 102 valence electrons. The van der Waals surface area contributed by atoms with Crippen LogP contribution in [-0.4, -0.2) is 19.5 Å². The number of ether oxygens (including phenoxy) is 1. The lowest BCUT2D eigenvalue weighted by atomic mass is 9.92. The molecule has 0 amide bonds. The molecule has 0 aromatic heterocycles. The summed E-state index contributed by atoms with van der Waals surface area (Å²) in [5.74, 6) is 0. The van der Waals surface area contributed by atoms with E-state index in [0.29, 0.717) is 7.11 Å². The van der Waals surface area contributed by atoms with Crippen LogP contribution in [0.15, 0.2) is 24.3 Å². The summed E-state index contributed by atoms with van der Waals surface area (Å²) in [5.41, 5.74) is -5.27. The van der Waals surface area contributed by atoms with Crippen molar-refractivity contribution in [1.29, 1.82) is 0 Å². The second-order valence-electron chi connectivity index (χ2n) is 3.36. The molecule has 0 unspecified atom stereocenters. The SMILES string of the molecule is COC(c1ccccc1I)(C(F)(F)F)C(F)(F)F. The van der Waals surface area contributed by atoms with E-state index >= 15 is 0 Å². The molecule has 1 aromatic rings. The Kier molecular flexibility index (Phi) is 4.21. The molecule has 0 fully saturated rings. The first-order chi connectivity index (χ1) is 8.08. The van der Waals surface area contributed by atoms with Gasteiger partial charge in [0.2, 0.25) is 0 Å². The first-order valence-electron chi connectivity index (χ1n) is 4.51. The Morgan fingerprint density at radius 1 is 0.944 bits per heavy atom. The molecule has 0 spiro atoms. The Labute approximate surface area is 112 Å². The highest BCUT2D eigenvalue weighted by Gasteiger charge is 2.73. The summed E-state index contributed by atoms with van der Waals surface area (Å²) in [6, 6.07) is 4.36. The van der Waals surface area contributed by atoms with Gasteiger partial charge in [-0.3, -0.25) is 0 Å². The van der Waals surface area contributed by atoms with Crippen LogP contribution in [-0.2, 0) is 10.3 Å². The second-order valence-corrected chi connectivity index (χ2v) is 4.52. The highest BCUT2D eigenvalue weighted by molar-refractivity contribution is 14.1. The van der Waals surface area contributed by atoms with E-state index in [1.54, 1.807) is 0 Å². The lowest BCUT2D eigenvalue weighted by molar-refractivity contribution is -0.383. The van der Waals surface area contributed by atoms with Gasteiger partial charge in [-0.2, -0.15) is 26.3 Å². The third-order valence-electron chi connectivity index (χ3n) is 2.36. The van der Waals surface area contributed by atoms with Gasteiger partial charge in [-0.05, 0) is 28.7 Å². The molecule has 1 rings (SSSR count). The van der Waals surface area contributed by atoms with Gasteiger partial charge < -0.3 is 4.74 Å². The Bertz CT molecular complexity index is 411. The first-order valence-corrected chi connectivity index (χ1v) is 5.59.